The van der Waals surface area contributed by atoms with Crippen molar-refractivity contribution in [2.75, 3.05) is 31.2 Å². The van der Waals surface area contributed by atoms with E-state index in [9.17, 15) is 0 Å². The van der Waals surface area contributed by atoms with E-state index in [0.717, 1.165) is 37.8 Å². The Bertz CT molecular complexity index is 476. The second kappa shape index (κ2) is 4.55. The molecule has 1 fully saturated rings. The van der Waals surface area contributed by atoms with E-state index in [4.69, 9.17) is 4.74 Å². The maximum Gasteiger partial charge on any atom is 0.171 e. The Morgan fingerprint density at radius 2 is 1.82 bits per heavy atom. The Hall–Kier alpha value is -1.88. The molecule has 0 unspecified atom stereocenters. The highest BCUT2D eigenvalue weighted by atomic mass is 16.5. The van der Waals surface area contributed by atoms with E-state index >= 15 is 0 Å². The molecule has 2 heterocycles. The second-order valence-corrected chi connectivity index (χ2v) is 3.93. The molecule has 3 rings (SSSR count). The minimum Gasteiger partial charge on any atom is -0.378 e. The molecule has 0 atom stereocenters. The number of para-hydroxylation sites is 1. The highest BCUT2D eigenvalue weighted by Crippen LogP contribution is 2.12. The van der Waals surface area contributed by atoms with Gasteiger partial charge in [-0.05, 0) is 12.1 Å². The third-order valence-corrected chi connectivity index (χ3v) is 2.80. The Kier molecular flexibility index (Phi) is 2.75. The number of aromatic nitrogens is 3. The summed E-state index contributed by atoms with van der Waals surface area (Å²) in [4.78, 5) is 3.85. The van der Waals surface area contributed by atoms with Crippen molar-refractivity contribution in [2.24, 2.45) is 0 Å². The van der Waals surface area contributed by atoms with Gasteiger partial charge in [0.05, 0.1) is 25.1 Å². The SMILES string of the molecule is c1ccc(-n2ncc(N3CCOCC3)n2)cc1. The van der Waals surface area contributed by atoms with E-state index in [1.54, 1.807) is 11.0 Å². The van der Waals surface area contributed by atoms with Crippen LogP contribution in [0.4, 0.5) is 5.82 Å². The van der Waals surface area contributed by atoms with Crippen LogP contribution >= 0.6 is 0 Å². The fraction of sp³-hybridized carbons (Fsp3) is 0.333. The average Bonchev–Trinajstić information content (AvgIpc) is 2.90. The highest BCUT2D eigenvalue weighted by molar-refractivity contribution is 5.37. The molecule has 1 aliphatic rings. The molecule has 2 aromatic rings. The summed E-state index contributed by atoms with van der Waals surface area (Å²) in [7, 11) is 0. The summed E-state index contributed by atoms with van der Waals surface area (Å²) in [6, 6.07) is 9.92. The molecule has 0 amide bonds. The maximum atomic E-state index is 5.32. The molecular formula is C12H14N4O. The van der Waals surface area contributed by atoms with Crippen molar-refractivity contribution in [1.82, 2.24) is 15.0 Å². The van der Waals surface area contributed by atoms with Crippen molar-refractivity contribution < 1.29 is 4.74 Å². The zero-order valence-electron chi connectivity index (χ0n) is 9.49. The maximum absolute atomic E-state index is 5.32. The van der Waals surface area contributed by atoms with E-state index in [0.29, 0.717) is 0 Å². The summed E-state index contributed by atoms with van der Waals surface area (Å²) in [6.07, 6.45) is 1.80. The molecule has 5 nitrogen and oxygen atoms in total. The van der Waals surface area contributed by atoms with Gasteiger partial charge in [0.15, 0.2) is 5.82 Å². The summed E-state index contributed by atoms with van der Waals surface area (Å²) in [5.41, 5.74) is 0.979. The smallest absolute Gasteiger partial charge is 0.171 e. The molecule has 17 heavy (non-hydrogen) atoms. The first-order valence-electron chi connectivity index (χ1n) is 5.74. The fourth-order valence-electron chi connectivity index (χ4n) is 1.88. The van der Waals surface area contributed by atoms with E-state index in [-0.39, 0.29) is 0 Å². The van der Waals surface area contributed by atoms with Gasteiger partial charge in [-0.1, -0.05) is 18.2 Å². The summed E-state index contributed by atoms with van der Waals surface area (Å²) >= 11 is 0. The van der Waals surface area contributed by atoms with E-state index in [1.807, 2.05) is 30.3 Å². The minimum atomic E-state index is 0.762. The topological polar surface area (TPSA) is 43.2 Å². The van der Waals surface area contributed by atoms with Gasteiger partial charge < -0.3 is 9.64 Å². The van der Waals surface area contributed by atoms with Gasteiger partial charge in [0.2, 0.25) is 0 Å². The van der Waals surface area contributed by atoms with Crippen molar-refractivity contribution in [3.05, 3.63) is 36.5 Å². The normalized spacial score (nSPS) is 16.1. The van der Waals surface area contributed by atoms with Gasteiger partial charge in [-0.15, -0.1) is 9.90 Å². The quantitative estimate of drug-likeness (QED) is 0.775. The number of anilines is 1. The van der Waals surface area contributed by atoms with Crippen molar-refractivity contribution in [2.45, 2.75) is 0 Å². The van der Waals surface area contributed by atoms with Crippen LogP contribution in [0.25, 0.3) is 5.69 Å². The predicted octanol–water partition coefficient (Wildman–Crippen LogP) is 1.10. The molecule has 1 aliphatic heterocycles. The fourth-order valence-corrected chi connectivity index (χ4v) is 1.88. The van der Waals surface area contributed by atoms with Crippen molar-refractivity contribution in [3.63, 3.8) is 0 Å². The molecule has 0 N–H and O–H groups in total. The van der Waals surface area contributed by atoms with Crippen molar-refractivity contribution >= 4 is 5.82 Å². The number of nitrogens with zero attached hydrogens (tertiary/aromatic N) is 4. The Morgan fingerprint density at radius 1 is 1.06 bits per heavy atom. The van der Waals surface area contributed by atoms with Gasteiger partial charge in [0.1, 0.15) is 0 Å². The molecule has 1 aromatic heterocycles. The summed E-state index contributed by atoms with van der Waals surface area (Å²) in [5, 5.41) is 8.76. The van der Waals surface area contributed by atoms with Crippen LogP contribution in [-0.2, 0) is 4.74 Å². The molecule has 0 radical (unpaired) electrons. The van der Waals surface area contributed by atoms with Gasteiger partial charge in [0, 0.05) is 13.1 Å². The van der Waals surface area contributed by atoms with Crippen LogP contribution in [0.2, 0.25) is 0 Å². The summed E-state index contributed by atoms with van der Waals surface area (Å²) in [5.74, 6) is 0.914. The monoisotopic (exact) mass is 230 g/mol. The van der Waals surface area contributed by atoms with Gasteiger partial charge in [0.25, 0.3) is 0 Å². The standard InChI is InChI=1S/C12H14N4O/c1-2-4-11(5-3-1)16-13-10-12(14-16)15-6-8-17-9-7-15/h1-5,10H,6-9H2. The number of hydrogen-bond donors (Lipinski definition) is 0. The number of morpholine rings is 1. The molecule has 1 saturated heterocycles. The van der Waals surface area contributed by atoms with Gasteiger partial charge in [-0.2, -0.15) is 5.10 Å². The first-order valence-corrected chi connectivity index (χ1v) is 5.74. The summed E-state index contributed by atoms with van der Waals surface area (Å²) in [6.45, 7) is 3.29. The second-order valence-electron chi connectivity index (χ2n) is 3.93. The molecule has 88 valence electrons. The molecule has 0 spiro atoms. The van der Waals surface area contributed by atoms with Crippen molar-refractivity contribution in [3.8, 4) is 5.69 Å². The molecule has 0 aliphatic carbocycles. The third-order valence-electron chi connectivity index (χ3n) is 2.80. The van der Waals surface area contributed by atoms with Crippen LogP contribution in [-0.4, -0.2) is 41.3 Å². The molecule has 1 aromatic carbocycles. The van der Waals surface area contributed by atoms with Gasteiger partial charge in [-0.25, -0.2) is 0 Å². The predicted molar refractivity (Wildman–Crippen MR) is 64.4 cm³/mol. The Labute approximate surface area is 99.6 Å². The first kappa shape index (κ1) is 10.3. The van der Waals surface area contributed by atoms with Gasteiger partial charge >= 0.3 is 0 Å². The van der Waals surface area contributed by atoms with Crippen LogP contribution in [0, 0.1) is 0 Å². The van der Waals surface area contributed by atoms with Crippen molar-refractivity contribution in [1.29, 1.82) is 0 Å². The lowest BCUT2D eigenvalue weighted by atomic mass is 10.3. The Balaban J connectivity index is 1.83. The van der Waals surface area contributed by atoms with Crippen LogP contribution in [0.1, 0.15) is 0 Å². The molecule has 0 saturated carbocycles. The van der Waals surface area contributed by atoms with Crippen LogP contribution in [0.5, 0.6) is 0 Å². The summed E-state index contributed by atoms with van der Waals surface area (Å²) < 4.78 is 5.32. The molecule has 5 heteroatoms. The first-order chi connectivity index (χ1) is 8.43. The number of hydrogen-bond acceptors (Lipinski definition) is 4. The minimum absolute atomic E-state index is 0.762. The third kappa shape index (κ3) is 2.14. The zero-order chi connectivity index (χ0) is 11.5. The largest absolute Gasteiger partial charge is 0.378 e. The zero-order valence-corrected chi connectivity index (χ0v) is 9.49. The highest BCUT2D eigenvalue weighted by Gasteiger charge is 2.14. The van der Waals surface area contributed by atoms with Crippen LogP contribution < -0.4 is 4.90 Å². The van der Waals surface area contributed by atoms with E-state index in [1.165, 1.54) is 0 Å². The Morgan fingerprint density at radius 3 is 2.59 bits per heavy atom. The van der Waals surface area contributed by atoms with E-state index < -0.39 is 0 Å². The van der Waals surface area contributed by atoms with Gasteiger partial charge in [-0.3, -0.25) is 0 Å². The lowest BCUT2D eigenvalue weighted by Crippen LogP contribution is -2.36. The lowest BCUT2D eigenvalue weighted by Gasteiger charge is -2.25. The number of benzene rings is 1. The number of rotatable bonds is 2. The average molecular weight is 230 g/mol. The lowest BCUT2D eigenvalue weighted by molar-refractivity contribution is 0.122. The van der Waals surface area contributed by atoms with Crippen LogP contribution in [0.3, 0.4) is 0 Å². The van der Waals surface area contributed by atoms with Crippen LogP contribution in [0.15, 0.2) is 36.5 Å². The van der Waals surface area contributed by atoms with E-state index in [2.05, 4.69) is 15.1 Å². The molecular weight excluding hydrogens is 216 g/mol. The number of ether oxygens (including phenoxy) is 1. The molecule has 0 bridgehead atoms.